The number of pyridine rings is 2. The Balaban J connectivity index is 0.000000143. The molecule has 0 aliphatic heterocycles. The van der Waals surface area contributed by atoms with Crippen molar-refractivity contribution < 1.29 is 4.42 Å². The Morgan fingerprint density at radius 3 is 1.01 bits per heavy atom. The molecule has 0 fully saturated rings. The highest BCUT2D eigenvalue weighted by atomic mass is 32.1. The summed E-state index contributed by atoms with van der Waals surface area (Å²) in [7, 11) is 0. The van der Waals surface area contributed by atoms with Gasteiger partial charge in [0.2, 0.25) is 0 Å². The molecule has 23 rings (SSSR count). The fourth-order valence-electron chi connectivity index (χ4n) is 16.9. The summed E-state index contributed by atoms with van der Waals surface area (Å²) in [6, 6.07) is 145. The van der Waals surface area contributed by atoms with Crippen LogP contribution in [0.25, 0.3) is 230 Å². The van der Waals surface area contributed by atoms with E-state index in [0.717, 1.165) is 156 Å². The van der Waals surface area contributed by atoms with Crippen LogP contribution in [-0.4, -0.2) is 29.9 Å². The van der Waals surface area contributed by atoms with Gasteiger partial charge in [0.05, 0.1) is 54.6 Å². The maximum absolute atomic E-state index is 6.38. The van der Waals surface area contributed by atoms with Crippen molar-refractivity contribution in [2.45, 2.75) is 0 Å². The summed E-state index contributed by atoms with van der Waals surface area (Å²) in [5, 5.41) is 9.61. The SMILES string of the molecule is c1ccc(-c2ccc(-c3cc(-c4cccc(-c5cccc(-c6cccc7nc(-c8ccccc8)c8sc9ccccc9c8c67)c5)c4)nc(-c4ccccc4)n3)cc2)cc1.c1ccc(-c2nc(-c3ccc(-c4cccc5c4oc4ccccc45)cc3)cc(-c3cccc(-c4cccc5nc(-c6ccccc6)c6sc7ccccc7c6c45)c3)n2)cc1. The van der Waals surface area contributed by atoms with Crippen molar-refractivity contribution in [2.75, 3.05) is 0 Å². The van der Waals surface area contributed by atoms with Gasteiger partial charge in [-0.25, -0.2) is 29.9 Å². The molecule has 556 valence electrons. The Morgan fingerprint density at radius 1 is 0.193 bits per heavy atom. The van der Waals surface area contributed by atoms with E-state index in [1.165, 1.54) is 62.4 Å². The van der Waals surface area contributed by atoms with Crippen LogP contribution in [0, 0.1) is 0 Å². The zero-order valence-corrected chi connectivity index (χ0v) is 65.8. The highest BCUT2D eigenvalue weighted by Gasteiger charge is 2.24. The van der Waals surface area contributed by atoms with Gasteiger partial charge in [0.25, 0.3) is 0 Å². The normalized spacial score (nSPS) is 11.5. The maximum Gasteiger partial charge on any atom is 0.160 e. The number of hydrogen-bond donors (Lipinski definition) is 0. The van der Waals surface area contributed by atoms with Gasteiger partial charge in [-0.1, -0.05) is 352 Å². The van der Waals surface area contributed by atoms with Crippen LogP contribution in [0.4, 0.5) is 0 Å². The molecule has 9 heteroatoms. The summed E-state index contributed by atoms with van der Waals surface area (Å²) in [4.78, 5) is 31.3. The molecule has 0 saturated carbocycles. The first-order valence-electron chi connectivity index (χ1n) is 39.9. The standard InChI is InChI=1S/C55H33N3OS.C55H35N3S/c1-3-14-36(15-4-1)52-54-51(44-21-8-10-27-49(44)60-54)50-40(22-13-25-45(50)56-52)38-18-11-19-39(32-38)47-33-46(57-55(58-47)37-16-5-2-6-17-37)35-30-28-34(29-31-35)41-23-12-24-43-42-20-7-9-26-48(42)59-53(41)43;1-4-15-36(16-5-1)37-29-31-38(32-30-37)48-35-49(58-55(57-48)40-19-8-3-9-20-40)44-24-13-22-42(34-44)41-21-12-23-43(33-41)45-26-14-27-47-51(45)52-46-25-10-11-28-50(46)59-54(52)53(56-47)39-17-6-2-7-18-39/h1-33H;1-35H. The monoisotopic (exact) mass is 1550 g/mol. The van der Waals surface area contributed by atoms with Crippen LogP contribution in [0.1, 0.15) is 0 Å². The lowest BCUT2D eigenvalue weighted by Gasteiger charge is -2.13. The molecular weight excluding hydrogens is 1490 g/mol. The van der Waals surface area contributed by atoms with E-state index < -0.39 is 0 Å². The predicted octanol–water partition coefficient (Wildman–Crippen LogP) is 30.4. The molecule has 0 atom stereocenters. The van der Waals surface area contributed by atoms with Gasteiger partial charge >= 0.3 is 0 Å². The minimum absolute atomic E-state index is 0.680. The molecule has 7 heterocycles. The number of rotatable bonds is 13. The molecule has 0 aliphatic carbocycles. The van der Waals surface area contributed by atoms with Crippen molar-refractivity contribution in [2.24, 2.45) is 0 Å². The van der Waals surface area contributed by atoms with Gasteiger partial charge < -0.3 is 4.42 Å². The topological polar surface area (TPSA) is 90.5 Å². The predicted molar refractivity (Wildman–Crippen MR) is 498 cm³/mol. The van der Waals surface area contributed by atoms with Gasteiger partial charge in [-0.05, 0) is 111 Å². The summed E-state index contributed by atoms with van der Waals surface area (Å²) in [5.74, 6) is 1.38. The van der Waals surface area contributed by atoms with Crippen LogP contribution < -0.4 is 0 Å². The second kappa shape index (κ2) is 30.2. The smallest absolute Gasteiger partial charge is 0.160 e. The Hall–Kier alpha value is -15.3. The van der Waals surface area contributed by atoms with Crippen molar-refractivity contribution in [3.63, 3.8) is 0 Å². The molecule has 0 bridgehead atoms. The quantitative estimate of drug-likeness (QED) is 0.114. The van der Waals surface area contributed by atoms with Crippen molar-refractivity contribution >= 4 is 107 Å². The first-order chi connectivity index (χ1) is 59.0. The van der Waals surface area contributed by atoms with E-state index in [1.807, 2.05) is 77.3 Å². The maximum atomic E-state index is 6.38. The minimum atomic E-state index is 0.680. The largest absolute Gasteiger partial charge is 0.455 e. The molecular formula is C110H68N6OS2. The van der Waals surface area contributed by atoms with Crippen LogP contribution in [0.15, 0.2) is 417 Å². The summed E-state index contributed by atoms with van der Waals surface area (Å²) >= 11 is 3.64. The molecule has 0 aliphatic rings. The second-order valence-electron chi connectivity index (χ2n) is 29.9. The van der Waals surface area contributed by atoms with Crippen LogP contribution in [0.2, 0.25) is 0 Å². The van der Waals surface area contributed by atoms with E-state index in [-0.39, 0.29) is 0 Å². The molecule has 119 heavy (non-hydrogen) atoms. The van der Waals surface area contributed by atoms with Gasteiger partial charge in [0.1, 0.15) is 11.2 Å². The lowest BCUT2D eigenvalue weighted by Crippen LogP contribution is -1.96. The lowest BCUT2D eigenvalue weighted by molar-refractivity contribution is 0.670. The molecule has 0 saturated heterocycles. The molecule has 0 unspecified atom stereocenters. The van der Waals surface area contributed by atoms with Gasteiger partial charge in [0.15, 0.2) is 11.6 Å². The Bertz CT molecular complexity index is 7820. The third kappa shape index (κ3) is 13.1. The molecule has 7 aromatic heterocycles. The average molecular weight is 1550 g/mol. The minimum Gasteiger partial charge on any atom is -0.455 e. The molecule has 0 amide bonds. The third-order valence-electron chi connectivity index (χ3n) is 22.6. The van der Waals surface area contributed by atoms with E-state index in [9.17, 15) is 0 Å². The van der Waals surface area contributed by atoms with Crippen molar-refractivity contribution in [1.82, 2.24) is 29.9 Å². The van der Waals surface area contributed by atoms with Gasteiger partial charge in [0, 0.05) is 103 Å². The Kier molecular flexibility index (Phi) is 17.8. The number of thiophene rings is 2. The Labute approximate surface area is 694 Å². The zero-order valence-electron chi connectivity index (χ0n) is 64.2. The van der Waals surface area contributed by atoms with Crippen LogP contribution in [-0.2, 0) is 0 Å². The summed E-state index contributed by atoms with van der Waals surface area (Å²) in [6.45, 7) is 0. The molecule has 0 radical (unpaired) electrons. The first-order valence-corrected chi connectivity index (χ1v) is 41.6. The number of nitrogens with zero attached hydrogens (tertiary/aromatic N) is 6. The number of furan rings is 1. The van der Waals surface area contributed by atoms with E-state index in [1.54, 1.807) is 0 Å². The summed E-state index contributed by atoms with van der Waals surface area (Å²) in [5.41, 5.74) is 28.9. The van der Waals surface area contributed by atoms with Crippen LogP contribution in [0.5, 0.6) is 0 Å². The highest BCUT2D eigenvalue weighted by molar-refractivity contribution is 7.27. The van der Waals surface area contributed by atoms with E-state index in [0.29, 0.717) is 11.6 Å². The number of aromatic nitrogens is 6. The van der Waals surface area contributed by atoms with Gasteiger partial charge in [-0.15, -0.1) is 22.7 Å². The van der Waals surface area contributed by atoms with E-state index in [4.69, 9.17) is 34.3 Å². The van der Waals surface area contributed by atoms with Crippen LogP contribution in [0.3, 0.4) is 0 Å². The number of para-hydroxylation sites is 2. The molecule has 16 aromatic carbocycles. The zero-order chi connectivity index (χ0) is 78.7. The lowest BCUT2D eigenvalue weighted by atomic mass is 9.93. The molecule has 0 N–H and O–H groups in total. The fourth-order valence-corrected chi connectivity index (χ4v) is 19.3. The van der Waals surface area contributed by atoms with Crippen molar-refractivity contribution in [1.29, 1.82) is 0 Å². The summed E-state index contributed by atoms with van der Waals surface area (Å²) in [6.07, 6.45) is 0. The molecule has 23 aromatic rings. The fraction of sp³-hybridized carbons (Fsp3) is 0. The third-order valence-corrected chi connectivity index (χ3v) is 25.0. The first kappa shape index (κ1) is 70.4. The Morgan fingerprint density at radius 2 is 0.521 bits per heavy atom. The molecule has 7 nitrogen and oxygen atoms in total. The number of fused-ring (bicyclic) bond motifs is 13. The van der Waals surface area contributed by atoms with Gasteiger partial charge in [-0.3, -0.25) is 0 Å². The second-order valence-corrected chi connectivity index (χ2v) is 32.0. The van der Waals surface area contributed by atoms with E-state index in [2.05, 4.69) is 358 Å². The van der Waals surface area contributed by atoms with E-state index >= 15 is 0 Å². The summed E-state index contributed by atoms with van der Waals surface area (Å²) < 4.78 is 11.3. The average Bonchev–Trinajstić information content (AvgIpc) is 1.61. The van der Waals surface area contributed by atoms with Crippen LogP contribution >= 0.6 is 22.7 Å². The van der Waals surface area contributed by atoms with Gasteiger partial charge in [-0.2, -0.15) is 0 Å². The number of benzene rings is 16. The molecule has 0 spiro atoms. The van der Waals surface area contributed by atoms with Crippen molar-refractivity contribution in [3.8, 4) is 146 Å². The highest BCUT2D eigenvalue weighted by Crippen LogP contribution is 2.49. The number of hydrogen-bond acceptors (Lipinski definition) is 9. The van der Waals surface area contributed by atoms with Crippen molar-refractivity contribution in [3.05, 3.63) is 413 Å².